The first-order chi connectivity index (χ1) is 8.84. The highest BCUT2D eigenvalue weighted by Crippen LogP contribution is 2.16. The number of benzene rings is 1. The van der Waals surface area contributed by atoms with Gasteiger partial charge in [-0.05, 0) is 37.9 Å². The van der Waals surface area contributed by atoms with Crippen molar-refractivity contribution in [3.8, 4) is 5.75 Å². The molecule has 0 aliphatic heterocycles. The third-order valence-corrected chi connectivity index (χ3v) is 2.89. The van der Waals surface area contributed by atoms with E-state index in [0.29, 0.717) is 6.54 Å². The Hall–Kier alpha value is -1.06. The summed E-state index contributed by atoms with van der Waals surface area (Å²) < 4.78 is 5.73. The molecule has 1 rings (SSSR count). The number of aryl methyl sites for hydroxylation is 1. The maximum absolute atomic E-state index is 8.59. The van der Waals surface area contributed by atoms with Gasteiger partial charge in [0.2, 0.25) is 0 Å². The summed E-state index contributed by atoms with van der Waals surface area (Å²) in [6.07, 6.45) is 4.70. The lowest BCUT2D eigenvalue weighted by Gasteiger charge is -2.08. The van der Waals surface area contributed by atoms with Crippen LogP contribution in [0, 0.1) is 6.92 Å². The Morgan fingerprint density at radius 1 is 1.06 bits per heavy atom. The maximum Gasteiger partial charge on any atom is 0.122 e. The first kappa shape index (κ1) is 15.0. The number of ether oxygens (including phenoxy) is 1. The number of aliphatic hydroxyl groups excluding tert-OH is 1. The molecule has 0 radical (unpaired) electrons. The third kappa shape index (κ3) is 6.62. The summed E-state index contributed by atoms with van der Waals surface area (Å²) >= 11 is 0. The van der Waals surface area contributed by atoms with Crippen LogP contribution in [0.2, 0.25) is 0 Å². The van der Waals surface area contributed by atoms with Crippen LogP contribution in [0.15, 0.2) is 24.3 Å². The summed E-state index contributed by atoms with van der Waals surface area (Å²) in [5, 5.41) is 11.8. The molecule has 0 unspecified atom stereocenters. The Morgan fingerprint density at radius 3 is 2.61 bits per heavy atom. The number of aliphatic hydroxyl groups is 1. The van der Waals surface area contributed by atoms with Crippen molar-refractivity contribution in [2.75, 3.05) is 26.3 Å². The van der Waals surface area contributed by atoms with Gasteiger partial charge in [-0.1, -0.05) is 31.0 Å². The van der Waals surface area contributed by atoms with E-state index in [1.165, 1.54) is 24.8 Å². The molecule has 0 amide bonds. The van der Waals surface area contributed by atoms with Crippen molar-refractivity contribution in [2.24, 2.45) is 0 Å². The van der Waals surface area contributed by atoms with Gasteiger partial charge in [0.25, 0.3) is 0 Å². The smallest absolute Gasteiger partial charge is 0.122 e. The van der Waals surface area contributed by atoms with Crippen molar-refractivity contribution in [1.82, 2.24) is 5.32 Å². The van der Waals surface area contributed by atoms with Gasteiger partial charge in [-0.25, -0.2) is 0 Å². The second kappa shape index (κ2) is 9.92. The van der Waals surface area contributed by atoms with Crippen molar-refractivity contribution in [3.05, 3.63) is 29.8 Å². The monoisotopic (exact) mass is 251 g/mol. The zero-order valence-electron chi connectivity index (χ0n) is 11.3. The summed E-state index contributed by atoms with van der Waals surface area (Å²) in [7, 11) is 0. The fourth-order valence-electron chi connectivity index (χ4n) is 1.81. The summed E-state index contributed by atoms with van der Waals surface area (Å²) in [5.41, 5.74) is 1.20. The van der Waals surface area contributed by atoms with E-state index in [9.17, 15) is 0 Å². The van der Waals surface area contributed by atoms with Crippen LogP contribution in [-0.2, 0) is 0 Å². The average molecular weight is 251 g/mol. The SMILES string of the molecule is Cc1ccccc1OCCCCCCNCCO. The van der Waals surface area contributed by atoms with Crippen LogP contribution in [0.3, 0.4) is 0 Å². The van der Waals surface area contributed by atoms with Crippen molar-refractivity contribution in [1.29, 1.82) is 0 Å². The van der Waals surface area contributed by atoms with E-state index in [1.807, 2.05) is 18.2 Å². The fourth-order valence-corrected chi connectivity index (χ4v) is 1.81. The number of hydrogen-bond donors (Lipinski definition) is 2. The molecule has 0 heterocycles. The van der Waals surface area contributed by atoms with Crippen LogP contribution in [0.4, 0.5) is 0 Å². The van der Waals surface area contributed by atoms with Crippen molar-refractivity contribution in [2.45, 2.75) is 32.6 Å². The lowest BCUT2D eigenvalue weighted by Crippen LogP contribution is -2.19. The average Bonchev–Trinajstić information content (AvgIpc) is 2.39. The molecule has 0 saturated heterocycles. The molecule has 0 fully saturated rings. The Morgan fingerprint density at radius 2 is 1.83 bits per heavy atom. The highest BCUT2D eigenvalue weighted by molar-refractivity contribution is 5.31. The normalized spacial score (nSPS) is 10.6. The third-order valence-electron chi connectivity index (χ3n) is 2.89. The molecule has 0 aliphatic rings. The fraction of sp³-hybridized carbons (Fsp3) is 0.600. The highest BCUT2D eigenvalue weighted by atomic mass is 16.5. The van der Waals surface area contributed by atoms with Gasteiger partial charge in [0, 0.05) is 6.54 Å². The molecular formula is C15H25NO2. The largest absolute Gasteiger partial charge is 0.493 e. The molecule has 0 spiro atoms. The van der Waals surface area contributed by atoms with Gasteiger partial charge in [0.15, 0.2) is 0 Å². The quantitative estimate of drug-likeness (QED) is 0.628. The molecule has 0 saturated carbocycles. The maximum atomic E-state index is 8.59. The number of rotatable bonds is 10. The zero-order valence-corrected chi connectivity index (χ0v) is 11.3. The van der Waals surface area contributed by atoms with E-state index >= 15 is 0 Å². The minimum atomic E-state index is 0.226. The van der Waals surface area contributed by atoms with Crippen LogP contribution < -0.4 is 10.1 Å². The summed E-state index contributed by atoms with van der Waals surface area (Å²) in [6, 6.07) is 8.13. The van der Waals surface area contributed by atoms with E-state index in [0.717, 1.165) is 25.3 Å². The minimum Gasteiger partial charge on any atom is -0.493 e. The van der Waals surface area contributed by atoms with E-state index in [-0.39, 0.29) is 6.61 Å². The van der Waals surface area contributed by atoms with Crippen LogP contribution in [0.1, 0.15) is 31.2 Å². The van der Waals surface area contributed by atoms with E-state index in [4.69, 9.17) is 9.84 Å². The lowest BCUT2D eigenvalue weighted by atomic mass is 10.2. The van der Waals surface area contributed by atoms with Crippen molar-refractivity contribution < 1.29 is 9.84 Å². The highest BCUT2D eigenvalue weighted by Gasteiger charge is 1.97. The van der Waals surface area contributed by atoms with E-state index < -0.39 is 0 Å². The van der Waals surface area contributed by atoms with E-state index in [1.54, 1.807) is 0 Å². The molecular weight excluding hydrogens is 226 g/mol. The molecule has 18 heavy (non-hydrogen) atoms. The van der Waals surface area contributed by atoms with Crippen molar-refractivity contribution >= 4 is 0 Å². The molecule has 102 valence electrons. The molecule has 1 aromatic rings. The minimum absolute atomic E-state index is 0.226. The first-order valence-electron chi connectivity index (χ1n) is 6.84. The number of unbranched alkanes of at least 4 members (excludes halogenated alkanes) is 3. The Kier molecular flexibility index (Phi) is 8.26. The second-order valence-electron chi connectivity index (χ2n) is 4.50. The number of hydrogen-bond acceptors (Lipinski definition) is 3. The molecule has 0 aromatic heterocycles. The van der Waals surface area contributed by atoms with Gasteiger partial charge in [0.05, 0.1) is 13.2 Å². The summed E-state index contributed by atoms with van der Waals surface area (Å²) in [5.74, 6) is 1.00. The van der Waals surface area contributed by atoms with Gasteiger partial charge in [-0.15, -0.1) is 0 Å². The Bertz CT molecular complexity index is 315. The Labute approximate surface area is 110 Å². The summed E-state index contributed by atoms with van der Waals surface area (Å²) in [6.45, 7) is 4.80. The summed E-state index contributed by atoms with van der Waals surface area (Å²) in [4.78, 5) is 0. The zero-order chi connectivity index (χ0) is 13.1. The van der Waals surface area contributed by atoms with Gasteiger partial charge in [0.1, 0.15) is 5.75 Å². The topological polar surface area (TPSA) is 41.5 Å². The predicted octanol–water partition coefficient (Wildman–Crippen LogP) is 2.52. The predicted molar refractivity (Wildman–Crippen MR) is 75.1 cm³/mol. The first-order valence-corrected chi connectivity index (χ1v) is 6.84. The Balaban J connectivity index is 1.94. The lowest BCUT2D eigenvalue weighted by molar-refractivity contribution is 0.290. The van der Waals surface area contributed by atoms with Crippen LogP contribution in [0.25, 0.3) is 0 Å². The van der Waals surface area contributed by atoms with Crippen molar-refractivity contribution in [3.63, 3.8) is 0 Å². The number of nitrogens with one attached hydrogen (secondary N) is 1. The second-order valence-corrected chi connectivity index (χ2v) is 4.50. The van der Waals surface area contributed by atoms with Gasteiger partial charge < -0.3 is 15.2 Å². The number of para-hydroxylation sites is 1. The van der Waals surface area contributed by atoms with Gasteiger partial charge in [-0.2, -0.15) is 0 Å². The van der Waals surface area contributed by atoms with E-state index in [2.05, 4.69) is 18.3 Å². The molecule has 3 heteroatoms. The molecule has 1 aromatic carbocycles. The standard InChI is InChI=1S/C15H25NO2/c1-14-8-4-5-9-15(14)18-13-7-3-2-6-10-16-11-12-17/h4-5,8-9,16-17H,2-3,6-7,10-13H2,1H3. The van der Waals surface area contributed by atoms with Crippen LogP contribution in [0.5, 0.6) is 5.75 Å². The molecule has 0 atom stereocenters. The van der Waals surface area contributed by atoms with Gasteiger partial charge in [-0.3, -0.25) is 0 Å². The molecule has 3 nitrogen and oxygen atoms in total. The van der Waals surface area contributed by atoms with Crippen LogP contribution >= 0.6 is 0 Å². The molecule has 0 aliphatic carbocycles. The molecule has 2 N–H and O–H groups in total. The van der Waals surface area contributed by atoms with Gasteiger partial charge >= 0.3 is 0 Å². The van der Waals surface area contributed by atoms with Crippen LogP contribution in [-0.4, -0.2) is 31.4 Å². The molecule has 0 bridgehead atoms.